The molecule has 0 saturated carbocycles. The predicted octanol–water partition coefficient (Wildman–Crippen LogP) is 4.65. The van der Waals surface area contributed by atoms with Crippen LogP contribution in [0.4, 0.5) is 0 Å². The average molecular weight is 340 g/mol. The summed E-state index contributed by atoms with van der Waals surface area (Å²) in [5.41, 5.74) is 8.31. The Bertz CT molecular complexity index is 1110. The normalized spacial score (nSPS) is 13.7. The fourth-order valence-electron chi connectivity index (χ4n) is 3.94. The molecule has 4 nitrogen and oxygen atoms in total. The maximum absolute atomic E-state index is 4.84. The van der Waals surface area contributed by atoms with Crippen LogP contribution in [0.25, 0.3) is 28.3 Å². The summed E-state index contributed by atoms with van der Waals surface area (Å²) in [4.78, 5) is 13.6. The van der Waals surface area contributed by atoms with Gasteiger partial charge in [0.2, 0.25) is 5.78 Å². The zero-order valence-electron chi connectivity index (χ0n) is 14.8. The van der Waals surface area contributed by atoms with Gasteiger partial charge in [0.15, 0.2) is 0 Å². The van der Waals surface area contributed by atoms with Crippen LogP contribution in [0, 0.1) is 6.92 Å². The summed E-state index contributed by atoms with van der Waals surface area (Å²) in [6.07, 6.45) is 10.6. The first-order valence-corrected chi connectivity index (χ1v) is 9.18. The third-order valence-corrected chi connectivity index (χ3v) is 5.20. The molecule has 3 heterocycles. The van der Waals surface area contributed by atoms with Crippen molar-refractivity contribution in [3.63, 3.8) is 0 Å². The van der Waals surface area contributed by atoms with Gasteiger partial charge in [-0.25, -0.2) is 9.97 Å². The first-order valence-electron chi connectivity index (χ1n) is 9.18. The minimum atomic E-state index is 0.727. The largest absolute Gasteiger partial charge is 0.283 e. The molecule has 1 aliphatic rings. The van der Waals surface area contributed by atoms with Gasteiger partial charge < -0.3 is 0 Å². The highest BCUT2D eigenvalue weighted by molar-refractivity contribution is 5.81. The number of aromatic nitrogens is 4. The Hall–Kier alpha value is -3.01. The molecular formula is C22H20N4. The molecule has 0 aliphatic heterocycles. The van der Waals surface area contributed by atoms with E-state index in [0.29, 0.717) is 0 Å². The molecule has 0 unspecified atom stereocenters. The van der Waals surface area contributed by atoms with Crippen molar-refractivity contribution in [1.82, 2.24) is 19.4 Å². The quantitative estimate of drug-likeness (QED) is 0.534. The number of fused-ring (bicyclic) bond motifs is 2. The first-order chi connectivity index (χ1) is 12.8. The molecule has 0 N–H and O–H groups in total. The van der Waals surface area contributed by atoms with Crippen molar-refractivity contribution in [2.24, 2.45) is 0 Å². The van der Waals surface area contributed by atoms with Gasteiger partial charge in [-0.15, -0.1) is 0 Å². The summed E-state index contributed by atoms with van der Waals surface area (Å²) in [7, 11) is 0. The predicted molar refractivity (Wildman–Crippen MR) is 103 cm³/mol. The first kappa shape index (κ1) is 15.3. The zero-order valence-corrected chi connectivity index (χ0v) is 14.8. The van der Waals surface area contributed by atoms with Gasteiger partial charge in [-0.3, -0.25) is 9.38 Å². The van der Waals surface area contributed by atoms with Crippen LogP contribution in [0.3, 0.4) is 0 Å². The highest BCUT2D eigenvalue weighted by atomic mass is 15.1. The number of rotatable bonds is 2. The fourth-order valence-corrected chi connectivity index (χ4v) is 3.94. The second-order valence-corrected chi connectivity index (χ2v) is 6.98. The third kappa shape index (κ3) is 2.49. The van der Waals surface area contributed by atoms with E-state index in [9.17, 15) is 0 Å². The summed E-state index contributed by atoms with van der Waals surface area (Å²) in [5.74, 6) is 0.727. The van der Waals surface area contributed by atoms with E-state index >= 15 is 0 Å². The van der Waals surface area contributed by atoms with Crippen LogP contribution in [0.5, 0.6) is 0 Å². The van der Waals surface area contributed by atoms with Gasteiger partial charge in [0.05, 0.1) is 11.4 Å². The van der Waals surface area contributed by atoms with E-state index in [1.807, 2.05) is 31.5 Å². The third-order valence-electron chi connectivity index (χ3n) is 5.20. The van der Waals surface area contributed by atoms with Crippen molar-refractivity contribution in [3.05, 3.63) is 71.8 Å². The zero-order chi connectivity index (χ0) is 17.5. The number of aryl methyl sites for hydroxylation is 3. The van der Waals surface area contributed by atoms with Crippen LogP contribution in [-0.2, 0) is 12.8 Å². The summed E-state index contributed by atoms with van der Waals surface area (Å²) < 4.78 is 2.09. The Labute approximate surface area is 152 Å². The van der Waals surface area contributed by atoms with Gasteiger partial charge in [0.1, 0.15) is 0 Å². The molecule has 0 radical (unpaired) electrons. The molecule has 5 rings (SSSR count). The molecule has 0 fully saturated rings. The minimum absolute atomic E-state index is 0.727. The van der Waals surface area contributed by atoms with Crippen molar-refractivity contribution < 1.29 is 0 Å². The highest BCUT2D eigenvalue weighted by Crippen LogP contribution is 2.34. The molecule has 4 heteroatoms. The summed E-state index contributed by atoms with van der Waals surface area (Å²) in [5, 5.41) is 0. The van der Waals surface area contributed by atoms with Crippen molar-refractivity contribution in [1.29, 1.82) is 0 Å². The highest BCUT2D eigenvalue weighted by Gasteiger charge is 2.18. The Morgan fingerprint density at radius 1 is 0.885 bits per heavy atom. The van der Waals surface area contributed by atoms with Crippen molar-refractivity contribution in [2.45, 2.75) is 32.6 Å². The number of pyridine rings is 1. The van der Waals surface area contributed by atoms with Gasteiger partial charge in [0, 0.05) is 35.4 Å². The fraction of sp³-hybridized carbons (Fsp3) is 0.227. The molecule has 0 amide bonds. The number of nitrogens with zero attached hydrogens (tertiary/aromatic N) is 4. The van der Waals surface area contributed by atoms with Crippen LogP contribution in [0.1, 0.15) is 29.7 Å². The van der Waals surface area contributed by atoms with Crippen LogP contribution in [0.15, 0.2) is 55.0 Å². The molecular weight excluding hydrogens is 320 g/mol. The summed E-state index contributed by atoms with van der Waals surface area (Å²) in [6, 6.07) is 12.9. The lowest BCUT2D eigenvalue weighted by molar-refractivity contribution is 0.686. The molecule has 3 aromatic heterocycles. The van der Waals surface area contributed by atoms with Crippen molar-refractivity contribution in [2.75, 3.05) is 0 Å². The van der Waals surface area contributed by atoms with Crippen LogP contribution >= 0.6 is 0 Å². The Morgan fingerprint density at radius 3 is 2.65 bits per heavy atom. The number of hydrogen-bond donors (Lipinski definition) is 0. The number of hydrogen-bond acceptors (Lipinski definition) is 3. The minimum Gasteiger partial charge on any atom is -0.283 e. The maximum atomic E-state index is 4.84. The lowest BCUT2D eigenvalue weighted by Crippen LogP contribution is -2.03. The second kappa shape index (κ2) is 6.06. The van der Waals surface area contributed by atoms with Crippen LogP contribution < -0.4 is 0 Å². The molecule has 4 aromatic rings. The van der Waals surface area contributed by atoms with Gasteiger partial charge in [-0.05, 0) is 68.0 Å². The van der Waals surface area contributed by atoms with Gasteiger partial charge in [-0.1, -0.05) is 12.1 Å². The average Bonchev–Trinajstić information content (AvgIpc) is 3.07. The van der Waals surface area contributed by atoms with Gasteiger partial charge in [0.25, 0.3) is 0 Å². The standard InChI is InChI=1S/C22H20N4/c1-15-13-18(9-11-23-15)20-21(26-12-4-10-24-22(26)25-20)19-8-7-16-5-2-3-6-17(16)14-19/h4,7-14H,2-3,5-6H2,1H3. The van der Waals surface area contributed by atoms with Crippen LogP contribution in [-0.4, -0.2) is 19.4 Å². The SMILES string of the molecule is Cc1cc(-c2nc3ncccn3c2-c2ccc3c(c2)CCCC3)ccn1. The van der Waals surface area contributed by atoms with Crippen LogP contribution in [0.2, 0.25) is 0 Å². The number of benzene rings is 1. The van der Waals surface area contributed by atoms with Crippen molar-refractivity contribution >= 4 is 5.78 Å². The molecule has 128 valence electrons. The molecule has 0 atom stereocenters. The number of imidazole rings is 1. The van der Waals surface area contributed by atoms with E-state index in [2.05, 4.69) is 38.6 Å². The molecule has 0 spiro atoms. The Balaban J connectivity index is 1.77. The molecule has 0 bridgehead atoms. The van der Waals surface area contributed by atoms with Crippen molar-refractivity contribution in [3.8, 4) is 22.5 Å². The molecule has 1 aromatic carbocycles. The van der Waals surface area contributed by atoms with E-state index in [1.165, 1.54) is 42.4 Å². The van der Waals surface area contributed by atoms with E-state index in [0.717, 1.165) is 28.4 Å². The Morgan fingerprint density at radius 2 is 1.77 bits per heavy atom. The lowest BCUT2D eigenvalue weighted by Gasteiger charge is -2.17. The van der Waals surface area contributed by atoms with Gasteiger partial charge >= 0.3 is 0 Å². The summed E-state index contributed by atoms with van der Waals surface area (Å²) in [6.45, 7) is 2.01. The van der Waals surface area contributed by atoms with Gasteiger partial charge in [-0.2, -0.15) is 0 Å². The lowest BCUT2D eigenvalue weighted by atomic mass is 9.89. The second-order valence-electron chi connectivity index (χ2n) is 6.98. The summed E-state index contributed by atoms with van der Waals surface area (Å²) >= 11 is 0. The Kier molecular flexibility index (Phi) is 3.56. The smallest absolute Gasteiger partial charge is 0.234 e. The van der Waals surface area contributed by atoms with E-state index in [1.54, 1.807) is 6.20 Å². The monoisotopic (exact) mass is 340 g/mol. The molecule has 1 aliphatic carbocycles. The van der Waals surface area contributed by atoms with E-state index in [4.69, 9.17) is 4.98 Å². The van der Waals surface area contributed by atoms with E-state index in [-0.39, 0.29) is 0 Å². The molecule has 0 saturated heterocycles. The van der Waals surface area contributed by atoms with E-state index < -0.39 is 0 Å². The topological polar surface area (TPSA) is 43.1 Å². The molecule has 26 heavy (non-hydrogen) atoms. The maximum Gasteiger partial charge on any atom is 0.234 e.